The lowest BCUT2D eigenvalue weighted by atomic mass is 9.89. The lowest BCUT2D eigenvalue weighted by Gasteiger charge is -2.36. The first-order chi connectivity index (χ1) is 20.4. The first-order valence-electron chi connectivity index (χ1n) is 13.7. The molecule has 2 heterocycles. The zero-order valence-electron chi connectivity index (χ0n) is 24.7. The van der Waals surface area contributed by atoms with Gasteiger partial charge in [-0.1, -0.05) is 12.1 Å². The number of methoxy groups -OCH3 is 1. The molecule has 0 saturated carbocycles. The topological polar surface area (TPSA) is 110 Å². The lowest BCUT2D eigenvalue weighted by molar-refractivity contribution is -0.138. The molecule has 1 atom stereocenters. The van der Waals surface area contributed by atoms with Gasteiger partial charge in [-0.2, -0.15) is 18.4 Å². The molecule has 4 rings (SSSR count). The van der Waals surface area contributed by atoms with Crippen LogP contribution in [-0.4, -0.2) is 78.4 Å². The highest BCUT2D eigenvalue weighted by molar-refractivity contribution is 5.93. The quantitative estimate of drug-likeness (QED) is 0.349. The molecule has 0 aliphatic carbocycles. The molecule has 3 aromatic rings. The Morgan fingerprint density at radius 3 is 2.53 bits per heavy atom. The average molecular weight is 598 g/mol. The van der Waals surface area contributed by atoms with Crippen molar-refractivity contribution in [3.05, 3.63) is 86.5 Å². The van der Waals surface area contributed by atoms with Crippen LogP contribution in [0.5, 0.6) is 0 Å². The van der Waals surface area contributed by atoms with Crippen molar-refractivity contribution in [3.8, 4) is 6.07 Å². The van der Waals surface area contributed by atoms with Crippen molar-refractivity contribution in [2.45, 2.75) is 32.0 Å². The number of rotatable bonds is 10. The van der Waals surface area contributed by atoms with Crippen LogP contribution in [0.25, 0.3) is 0 Å². The summed E-state index contributed by atoms with van der Waals surface area (Å²) in [4.78, 5) is 32.3. The van der Waals surface area contributed by atoms with Crippen molar-refractivity contribution in [1.82, 2.24) is 24.6 Å². The van der Waals surface area contributed by atoms with Gasteiger partial charge in [-0.15, -0.1) is 5.10 Å². The van der Waals surface area contributed by atoms with Gasteiger partial charge >= 0.3 is 17.8 Å². The Hall–Kier alpha value is -4.41. The summed E-state index contributed by atoms with van der Waals surface area (Å²) in [6.45, 7) is 3.99. The van der Waals surface area contributed by atoms with Crippen LogP contribution in [-0.2, 0) is 22.1 Å². The minimum Gasteiger partial charge on any atom is -0.466 e. The molecule has 0 saturated heterocycles. The Balaban J connectivity index is 1.86. The predicted molar refractivity (Wildman–Crippen MR) is 155 cm³/mol. The third-order valence-corrected chi connectivity index (χ3v) is 7.45. The number of esters is 1. The van der Waals surface area contributed by atoms with Gasteiger partial charge in [0.15, 0.2) is 0 Å². The fraction of sp³-hybridized carbons (Fsp3) is 0.400. The first kappa shape index (κ1) is 31.5. The van der Waals surface area contributed by atoms with Gasteiger partial charge < -0.3 is 14.5 Å². The van der Waals surface area contributed by atoms with Crippen LogP contribution in [0.1, 0.15) is 41.6 Å². The second-order valence-corrected chi connectivity index (χ2v) is 10.7. The van der Waals surface area contributed by atoms with Crippen LogP contribution in [0.2, 0.25) is 0 Å². The van der Waals surface area contributed by atoms with E-state index in [-0.39, 0.29) is 22.9 Å². The number of ether oxygens (including phenoxy) is 1. The molecule has 2 aromatic carbocycles. The highest BCUT2D eigenvalue weighted by Gasteiger charge is 2.41. The van der Waals surface area contributed by atoms with Gasteiger partial charge in [0, 0.05) is 17.9 Å². The number of fused-ring (bicyclic) bond motifs is 1. The number of anilines is 2. The van der Waals surface area contributed by atoms with Gasteiger partial charge in [-0.3, -0.25) is 4.90 Å². The Bertz CT molecular complexity index is 1620. The second-order valence-electron chi connectivity index (χ2n) is 10.7. The second kappa shape index (κ2) is 12.8. The molecule has 43 heavy (non-hydrogen) atoms. The monoisotopic (exact) mass is 597 g/mol. The van der Waals surface area contributed by atoms with E-state index in [1.54, 1.807) is 25.1 Å². The summed E-state index contributed by atoms with van der Waals surface area (Å²) in [5.74, 6) is -0.745. The predicted octanol–water partition coefficient (Wildman–Crippen LogP) is 4.08. The van der Waals surface area contributed by atoms with E-state index < -0.39 is 29.4 Å². The number of allylic oxidation sites excluding steroid dienone is 1. The summed E-state index contributed by atoms with van der Waals surface area (Å²) >= 11 is 0. The Morgan fingerprint density at radius 1 is 1.14 bits per heavy atom. The molecule has 1 aliphatic rings. The van der Waals surface area contributed by atoms with E-state index in [9.17, 15) is 28.0 Å². The summed E-state index contributed by atoms with van der Waals surface area (Å²) < 4.78 is 47.2. The molecule has 0 bridgehead atoms. The normalized spacial score (nSPS) is 15.2. The summed E-state index contributed by atoms with van der Waals surface area (Å²) in [6, 6.07) is 10.7. The highest BCUT2D eigenvalue weighted by atomic mass is 19.4. The summed E-state index contributed by atoms with van der Waals surface area (Å²) in [5.41, 5.74) is 0.538. The number of aromatic nitrogens is 3. The van der Waals surface area contributed by atoms with E-state index in [1.807, 2.05) is 21.1 Å². The molecule has 0 amide bonds. The Labute approximate surface area is 247 Å². The van der Waals surface area contributed by atoms with Crippen LogP contribution in [0.3, 0.4) is 0 Å². The fourth-order valence-corrected chi connectivity index (χ4v) is 5.32. The van der Waals surface area contributed by atoms with Crippen molar-refractivity contribution >= 4 is 17.6 Å². The standard InChI is InChI=1S/C30H34F3N7O3/c1-19-25(27(41)43-5)26(24-11-10-20(18-34)16-21(24)12-15-38(4)14-7-13-37(2)3)40-28(35-36-29(40)42)39(19)23-9-6-8-22(17-23)30(31,32)33/h6,8-11,16-17,26H,7,12-15H2,1-5H3,(H,36,42). The third-order valence-electron chi connectivity index (χ3n) is 7.45. The molecule has 0 radical (unpaired) electrons. The molecule has 228 valence electrons. The number of carbonyl (C=O) groups excluding carboxylic acids is 1. The molecular formula is C30H34F3N7O3. The van der Waals surface area contributed by atoms with Crippen molar-refractivity contribution in [2.75, 3.05) is 52.8 Å². The van der Waals surface area contributed by atoms with Gasteiger partial charge in [0.1, 0.15) is 6.04 Å². The maximum absolute atomic E-state index is 13.6. The van der Waals surface area contributed by atoms with Crippen molar-refractivity contribution in [1.29, 1.82) is 5.26 Å². The number of carbonyl (C=O) groups is 1. The molecule has 1 N–H and O–H groups in total. The molecule has 0 fully saturated rings. The van der Waals surface area contributed by atoms with Crippen LogP contribution < -0.4 is 10.6 Å². The number of halogens is 3. The molecule has 10 nitrogen and oxygen atoms in total. The van der Waals surface area contributed by atoms with Crippen LogP contribution in [0.4, 0.5) is 24.8 Å². The zero-order chi connectivity index (χ0) is 31.5. The maximum atomic E-state index is 13.6. The van der Waals surface area contributed by atoms with Gasteiger partial charge in [0.05, 0.1) is 29.9 Å². The Morgan fingerprint density at radius 2 is 1.88 bits per heavy atom. The fourth-order valence-electron chi connectivity index (χ4n) is 5.32. The van der Waals surface area contributed by atoms with Gasteiger partial charge in [0.25, 0.3) is 0 Å². The third kappa shape index (κ3) is 6.65. The van der Waals surface area contributed by atoms with Crippen LogP contribution in [0.15, 0.2) is 58.5 Å². The number of benzene rings is 2. The number of alkyl halides is 3. The van der Waals surface area contributed by atoms with E-state index in [4.69, 9.17) is 4.74 Å². The van der Waals surface area contributed by atoms with E-state index in [1.165, 1.54) is 28.7 Å². The minimum atomic E-state index is -4.61. The SMILES string of the molecule is COC(=O)C1=C(C)N(c2cccc(C(F)(F)F)c2)c2n[nH]c(=O)n2C1c1ccc(C#N)cc1CCN(C)CCCN(C)C. The van der Waals surface area contributed by atoms with E-state index in [0.29, 0.717) is 24.1 Å². The first-order valence-corrected chi connectivity index (χ1v) is 13.7. The zero-order valence-corrected chi connectivity index (χ0v) is 24.7. The number of nitriles is 1. The summed E-state index contributed by atoms with van der Waals surface area (Å²) in [6.07, 6.45) is -3.14. The van der Waals surface area contributed by atoms with Crippen molar-refractivity contribution in [3.63, 3.8) is 0 Å². The smallest absolute Gasteiger partial charge is 0.416 e. The van der Waals surface area contributed by atoms with Gasteiger partial charge in [-0.05, 0) is 95.5 Å². The van der Waals surface area contributed by atoms with E-state index in [2.05, 4.69) is 26.1 Å². The van der Waals surface area contributed by atoms with Gasteiger partial charge in [-0.25, -0.2) is 19.3 Å². The van der Waals surface area contributed by atoms with Crippen LogP contribution >= 0.6 is 0 Å². The summed E-state index contributed by atoms with van der Waals surface area (Å²) in [5, 5.41) is 16.2. The average Bonchev–Trinajstić information content (AvgIpc) is 3.34. The molecule has 13 heteroatoms. The number of nitrogens with zero attached hydrogens (tertiary/aromatic N) is 6. The maximum Gasteiger partial charge on any atom is 0.416 e. The van der Waals surface area contributed by atoms with Crippen molar-refractivity contribution in [2.24, 2.45) is 0 Å². The lowest BCUT2D eigenvalue weighted by Crippen LogP contribution is -2.38. The molecule has 1 aromatic heterocycles. The minimum absolute atomic E-state index is 0.00981. The number of nitrogens with one attached hydrogen (secondary N) is 1. The molecule has 1 unspecified atom stereocenters. The number of hydrogen-bond acceptors (Lipinski definition) is 8. The van der Waals surface area contributed by atoms with Gasteiger partial charge in [0.2, 0.25) is 5.95 Å². The molecule has 0 spiro atoms. The molecular weight excluding hydrogens is 563 g/mol. The number of likely N-dealkylation sites (N-methyl/N-ethyl adjacent to an activating group) is 1. The van der Waals surface area contributed by atoms with E-state index >= 15 is 0 Å². The largest absolute Gasteiger partial charge is 0.466 e. The number of hydrogen-bond donors (Lipinski definition) is 1. The Kier molecular flexibility index (Phi) is 9.42. The van der Waals surface area contributed by atoms with E-state index in [0.717, 1.165) is 37.2 Å². The van der Waals surface area contributed by atoms with Crippen LogP contribution in [0, 0.1) is 11.3 Å². The summed E-state index contributed by atoms with van der Waals surface area (Å²) in [7, 11) is 7.22. The highest BCUT2D eigenvalue weighted by Crippen LogP contribution is 2.43. The molecule has 1 aliphatic heterocycles. The van der Waals surface area contributed by atoms with Crippen molar-refractivity contribution < 1.29 is 22.7 Å². The number of aromatic amines is 1. The number of H-pyrrole nitrogens is 1.